The number of carbonyl (C=O) groups excluding carboxylic acids is 5. The Labute approximate surface area is 289 Å². The molecule has 4 atom stereocenters. The number of aliphatic carboxylic acids is 1. The van der Waals surface area contributed by atoms with Gasteiger partial charge in [-0.3, -0.25) is 28.8 Å². The second-order valence-corrected chi connectivity index (χ2v) is 12.3. The Balaban J connectivity index is 1.59. The van der Waals surface area contributed by atoms with E-state index in [0.717, 1.165) is 39.0 Å². The molecule has 50 heavy (non-hydrogen) atoms. The minimum Gasteiger partial charge on any atom is -0.493 e. The zero-order chi connectivity index (χ0) is 36.2. The number of carboxylic acids is 1. The van der Waals surface area contributed by atoms with Gasteiger partial charge in [0.25, 0.3) is 5.91 Å². The minimum absolute atomic E-state index is 0.0389. The summed E-state index contributed by atoms with van der Waals surface area (Å²) in [5, 5.41) is 31.5. The molecule has 0 saturated carbocycles. The maximum absolute atomic E-state index is 13.7. The maximum atomic E-state index is 13.7. The second-order valence-electron chi connectivity index (χ2n) is 12.3. The fourth-order valence-electron chi connectivity index (χ4n) is 5.53. The quantitative estimate of drug-likeness (QED) is 0.141. The molecule has 18 nitrogen and oxygen atoms in total. The van der Waals surface area contributed by atoms with Gasteiger partial charge in [-0.1, -0.05) is 31.4 Å². The number of nitrogens with two attached hydrogens (primary N) is 1. The number of anilines is 2. The molecule has 8 N–H and O–H groups in total. The van der Waals surface area contributed by atoms with E-state index in [1.54, 1.807) is 13.1 Å². The van der Waals surface area contributed by atoms with Crippen LogP contribution in [0.1, 0.15) is 75.2 Å². The molecule has 0 bridgehead atoms. The molecule has 1 aromatic heterocycles. The predicted octanol–water partition coefficient (Wildman–Crippen LogP) is -0.332. The molecule has 0 unspecified atom stereocenters. The van der Waals surface area contributed by atoms with Crippen molar-refractivity contribution in [3.05, 3.63) is 30.0 Å². The first-order valence-electron chi connectivity index (χ1n) is 16.8. The fourth-order valence-corrected chi connectivity index (χ4v) is 5.53. The van der Waals surface area contributed by atoms with Gasteiger partial charge in [0.15, 0.2) is 5.82 Å². The molecule has 1 aromatic carbocycles. The van der Waals surface area contributed by atoms with Crippen LogP contribution in [0.25, 0.3) is 0 Å². The largest absolute Gasteiger partial charge is 0.493 e. The number of aromatic nitrogens is 3. The molecular weight excluding hydrogens is 652 g/mol. The number of hydrogen-bond donors (Lipinski definition) is 7. The van der Waals surface area contributed by atoms with Crippen molar-refractivity contribution >= 4 is 47.0 Å². The van der Waals surface area contributed by atoms with Crippen molar-refractivity contribution in [3.63, 3.8) is 0 Å². The number of rotatable bonds is 12. The van der Waals surface area contributed by atoms with Crippen LogP contribution in [-0.4, -0.2) is 107 Å². The Morgan fingerprint density at radius 2 is 1.78 bits per heavy atom. The first kappa shape index (κ1) is 37.6. The van der Waals surface area contributed by atoms with Gasteiger partial charge < -0.3 is 47.1 Å². The lowest BCUT2D eigenvalue weighted by atomic mass is 10.0. The van der Waals surface area contributed by atoms with Crippen molar-refractivity contribution in [2.75, 3.05) is 43.0 Å². The number of benzene rings is 1. The topological polar surface area (TPSA) is 252 Å². The highest BCUT2D eigenvalue weighted by molar-refractivity contribution is 6.02. The summed E-state index contributed by atoms with van der Waals surface area (Å²) in [6, 6.07) is -0.0187. The highest BCUT2D eigenvalue weighted by atomic mass is 16.5. The summed E-state index contributed by atoms with van der Waals surface area (Å²) in [7, 11) is 0. The molecule has 2 aromatic rings. The van der Waals surface area contributed by atoms with E-state index in [-0.39, 0.29) is 42.9 Å². The van der Waals surface area contributed by atoms with Crippen LogP contribution in [-0.2, 0) is 24.0 Å². The number of nitrogens with one attached hydrogen (secondary N) is 5. The highest BCUT2D eigenvalue weighted by Crippen LogP contribution is 2.25. The molecule has 5 amide bonds. The number of carbonyl (C=O) groups is 6. The number of amides is 5. The Kier molecular flexibility index (Phi) is 13.5. The van der Waals surface area contributed by atoms with Gasteiger partial charge in [0, 0.05) is 44.7 Å². The summed E-state index contributed by atoms with van der Waals surface area (Å²) in [6.07, 6.45) is 3.37. The predicted molar refractivity (Wildman–Crippen MR) is 180 cm³/mol. The average molecular weight is 699 g/mol. The molecule has 1 saturated heterocycles. The number of carboxylic acid groups (broad SMARTS) is 1. The SMILES string of the molecule is CCCCC[C@@H]1NC(=O)[C@H](CCC(=O)O)NC(=O)c2cc(NC(=O)[C@H](C)n3cc(N4CCNCC4)nn3)ccc2OCC[C@@H](C(N)=O)NC1=O. The third kappa shape index (κ3) is 10.4. The van der Waals surface area contributed by atoms with Crippen LogP contribution in [0.5, 0.6) is 5.75 Å². The van der Waals surface area contributed by atoms with Crippen molar-refractivity contribution in [1.82, 2.24) is 36.3 Å². The zero-order valence-electron chi connectivity index (χ0n) is 28.3. The van der Waals surface area contributed by atoms with Crippen LogP contribution < -0.4 is 42.0 Å². The second kappa shape index (κ2) is 17.9. The van der Waals surface area contributed by atoms with Gasteiger partial charge in [-0.05, 0) is 38.0 Å². The van der Waals surface area contributed by atoms with E-state index in [9.17, 15) is 33.9 Å². The van der Waals surface area contributed by atoms with Gasteiger partial charge in [-0.2, -0.15) is 0 Å². The van der Waals surface area contributed by atoms with Crippen LogP contribution in [0, 0.1) is 0 Å². The van der Waals surface area contributed by atoms with Crippen LogP contribution >= 0.6 is 0 Å². The number of primary amides is 1. The number of unbranched alkanes of at least 4 members (excludes halogenated alkanes) is 2. The van der Waals surface area contributed by atoms with E-state index < -0.39 is 66.1 Å². The van der Waals surface area contributed by atoms with Gasteiger partial charge >= 0.3 is 5.97 Å². The van der Waals surface area contributed by atoms with Crippen molar-refractivity contribution in [2.24, 2.45) is 5.73 Å². The molecule has 272 valence electrons. The fraction of sp³-hybridized carbons (Fsp3) is 0.562. The van der Waals surface area contributed by atoms with Crippen LogP contribution in [0.2, 0.25) is 0 Å². The highest BCUT2D eigenvalue weighted by Gasteiger charge is 2.31. The van der Waals surface area contributed by atoms with Gasteiger partial charge in [-0.25, -0.2) is 4.68 Å². The third-order valence-electron chi connectivity index (χ3n) is 8.53. The molecule has 0 spiro atoms. The molecule has 0 aliphatic carbocycles. The number of hydrogen-bond acceptors (Lipinski definition) is 11. The Morgan fingerprint density at radius 3 is 2.48 bits per heavy atom. The summed E-state index contributed by atoms with van der Waals surface area (Å²) in [5.41, 5.74) is 5.73. The first-order valence-corrected chi connectivity index (χ1v) is 16.8. The lowest BCUT2D eigenvalue weighted by Crippen LogP contribution is -2.56. The molecule has 0 radical (unpaired) electrons. The Bertz CT molecular complexity index is 1540. The van der Waals surface area contributed by atoms with Gasteiger partial charge in [0.2, 0.25) is 23.6 Å². The zero-order valence-corrected chi connectivity index (χ0v) is 28.3. The number of piperazine rings is 1. The lowest BCUT2D eigenvalue weighted by molar-refractivity contribution is -0.137. The minimum atomic E-state index is -1.35. The van der Waals surface area contributed by atoms with E-state index in [0.29, 0.717) is 12.2 Å². The van der Waals surface area contributed by atoms with Crippen molar-refractivity contribution in [2.45, 2.75) is 83.0 Å². The normalized spacial score (nSPS) is 21.0. The average Bonchev–Trinajstić information content (AvgIpc) is 3.59. The maximum Gasteiger partial charge on any atom is 0.303 e. The number of nitrogens with zero attached hydrogens (tertiary/aromatic N) is 4. The summed E-state index contributed by atoms with van der Waals surface area (Å²) < 4.78 is 7.30. The molecule has 18 heteroatoms. The number of ether oxygens (including phenoxy) is 1. The van der Waals surface area contributed by atoms with Crippen LogP contribution in [0.4, 0.5) is 11.5 Å². The summed E-state index contributed by atoms with van der Waals surface area (Å²) in [4.78, 5) is 79.5. The Morgan fingerprint density at radius 1 is 1.06 bits per heavy atom. The summed E-state index contributed by atoms with van der Waals surface area (Å²) in [5.74, 6) is -3.96. The molecule has 1 fully saturated rings. The van der Waals surface area contributed by atoms with E-state index in [1.165, 1.54) is 22.9 Å². The molecule has 2 aliphatic heterocycles. The van der Waals surface area contributed by atoms with Gasteiger partial charge in [-0.15, -0.1) is 5.10 Å². The van der Waals surface area contributed by atoms with Crippen molar-refractivity contribution in [3.8, 4) is 5.75 Å². The van der Waals surface area contributed by atoms with Crippen LogP contribution in [0.15, 0.2) is 24.4 Å². The van der Waals surface area contributed by atoms with Gasteiger partial charge in [0.1, 0.15) is 29.9 Å². The molecule has 3 heterocycles. The lowest BCUT2D eigenvalue weighted by Gasteiger charge is -2.26. The summed E-state index contributed by atoms with van der Waals surface area (Å²) in [6.45, 7) is 6.63. The molecule has 4 rings (SSSR count). The van der Waals surface area contributed by atoms with E-state index in [4.69, 9.17) is 10.5 Å². The smallest absolute Gasteiger partial charge is 0.303 e. The standard InChI is InChI=1S/C32H46N10O8/c1-3-4-5-6-23-31(48)36-22(28(33)45)11-16-50-25-9-7-20(17-21(25)30(47)37-24(32(49)38-23)8-10-27(43)44)35-29(46)19(2)42-18-26(39-40-42)41-14-12-34-13-15-41/h7,9,17-19,22-24,34H,3-6,8,10-16H2,1-2H3,(H2,33,45)(H,35,46)(H,36,48)(H,37,47)(H,38,49)(H,43,44)/t19-,22-,23-,24-/m0/s1. The van der Waals surface area contributed by atoms with Crippen molar-refractivity contribution in [1.29, 1.82) is 0 Å². The van der Waals surface area contributed by atoms with E-state index in [2.05, 4.69) is 41.8 Å². The first-order chi connectivity index (χ1) is 24.0. The third-order valence-corrected chi connectivity index (χ3v) is 8.53. The molecular formula is C32H46N10O8. The van der Waals surface area contributed by atoms with Crippen molar-refractivity contribution < 1.29 is 38.6 Å². The van der Waals surface area contributed by atoms with E-state index in [1.807, 2.05) is 6.92 Å². The number of fused-ring (bicyclic) bond motifs is 1. The monoisotopic (exact) mass is 698 g/mol. The van der Waals surface area contributed by atoms with Gasteiger partial charge in [0.05, 0.1) is 18.4 Å². The van der Waals surface area contributed by atoms with E-state index >= 15 is 0 Å². The molecule has 2 aliphatic rings. The van der Waals surface area contributed by atoms with Crippen LogP contribution in [0.3, 0.4) is 0 Å². The Hall–Kier alpha value is -5.26. The summed E-state index contributed by atoms with van der Waals surface area (Å²) >= 11 is 0.